The van der Waals surface area contributed by atoms with Crippen LogP contribution < -0.4 is 14.2 Å². The Morgan fingerprint density at radius 3 is 2.55 bits per heavy atom. The molecule has 1 fully saturated rings. The number of carbonyl (C=O) groups is 1. The number of amides is 1. The van der Waals surface area contributed by atoms with Crippen LogP contribution in [0.4, 0.5) is 0 Å². The molecule has 1 amide bonds. The zero-order chi connectivity index (χ0) is 22.0. The summed E-state index contributed by atoms with van der Waals surface area (Å²) in [6.07, 6.45) is 0. The predicted octanol–water partition coefficient (Wildman–Crippen LogP) is 4.00. The van der Waals surface area contributed by atoms with Gasteiger partial charge in [-0.25, -0.2) is 0 Å². The van der Waals surface area contributed by atoms with Crippen molar-refractivity contribution in [1.82, 2.24) is 14.7 Å². The monoisotopic (exact) mass is 439 g/mol. The van der Waals surface area contributed by atoms with Gasteiger partial charge in [0.25, 0.3) is 5.91 Å². The van der Waals surface area contributed by atoms with Gasteiger partial charge in [-0.1, -0.05) is 12.1 Å². The second kappa shape index (κ2) is 8.93. The van der Waals surface area contributed by atoms with E-state index in [-0.39, 0.29) is 11.3 Å². The van der Waals surface area contributed by atoms with Crippen LogP contribution in [-0.4, -0.2) is 54.2 Å². The number of hydrogen-bond acceptors (Lipinski definition) is 6. The molecule has 0 saturated carbocycles. The number of carbonyl (C=O) groups excluding carboxylic acids is 1. The van der Waals surface area contributed by atoms with Gasteiger partial charge in [0, 0.05) is 24.9 Å². The van der Waals surface area contributed by atoms with Gasteiger partial charge in [0.15, 0.2) is 0 Å². The van der Waals surface area contributed by atoms with E-state index in [9.17, 15) is 4.79 Å². The highest BCUT2D eigenvalue weighted by molar-refractivity contribution is 7.99. The first kappa shape index (κ1) is 21.1. The van der Waals surface area contributed by atoms with Gasteiger partial charge in [-0.2, -0.15) is 5.10 Å². The highest BCUT2D eigenvalue weighted by Crippen LogP contribution is 2.40. The van der Waals surface area contributed by atoms with E-state index < -0.39 is 0 Å². The summed E-state index contributed by atoms with van der Waals surface area (Å²) in [5, 5.41) is 4.53. The van der Waals surface area contributed by atoms with Crippen molar-refractivity contribution in [3.63, 3.8) is 0 Å². The Labute approximate surface area is 185 Å². The minimum absolute atomic E-state index is 0.0547. The molecule has 0 aliphatic carbocycles. The molecule has 1 aromatic heterocycles. The molecule has 0 spiro atoms. The van der Waals surface area contributed by atoms with E-state index in [1.807, 2.05) is 53.4 Å². The predicted molar refractivity (Wildman–Crippen MR) is 121 cm³/mol. The number of thioether (sulfide) groups is 1. The number of aryl methyl sites for hydroxylation is 1. The lowest BCUT2D eigenvalue weighted by atomic mass is 10.1. The van der Waals surface area contributed by atoms with Gasteiger partial charge in [-0.15, -0.1) is 11.8 Å². The van der Waals surface area contributed by atoms with E-state index in [1.165, 1.54) is 0 Å². The summed E-state index contributed by atoms with van der Waals surface area (Å²) in [6.45, 7) is 0.675. The summed E-state index contributed by atoms with van der Waals surface area (Å²) in [5.41, 5.74) is 3.00. The third-order valence-corrected chi connectivity index (χ3v) is 6.57. The maximum Gasteiger partial charge on any atom is 0.273 e. The smallest absolute Gasteiger partial charge is 0.273 e. The molecule has 1 saturated heterocycles. The highest BCUT2D eigenvalue weighted by Gasteiger charge is 2.33. The van der Waals surface area contributed by atoms with Crippen molar-refractivity contribution < 1.29 is 19.0 Å². The van der Waals surface area contributed by atoms with Crippen LogP contribution in [-0.2, 0) is 7.05 Å². The molecule has 4 rings (SSSR count). The maximum absolute atomic E-state index is 13.5. The third kappa shape index (κ3) is 4.07. The molecule has 7 nitrogen and oxygen atoms in total. The van der Waals surface area contributed by atoms with Gasteiger partial charge in [-0.05, 0) is 42.0 Å². The van der Waals surface area contributed by atoms with Crippen molar-refractivity contribution in [3.8, 4) is 28.5 Å². The number of nitrogens with zero attached hydrogens (tertiary/aromatic N) is 3. The molecule has 0 radical (unpaired) electrons. The van der Waals surface area contributed by atoms with E-state index >= 15 is 0 Å². The lowest BCUT2D eigenvalue weighted by Gasteiger charge is -2.24. The Hall–Kier alpha value is -3.13. The number of benzene rings is 2. The Balaban J connectivity index is 1.66. The summed E-state index contributed by atoms with van der Waals surface area (Å²) in [6, 6.07) is 15.2. The zero-order valence-electron chi connectivity index (χ0n) is 18.0. The highest BCUT2D eigenvalue weighted by atomic mass is 32.2. The van der Waals surface area contributed by atoms with E-state index in [1.54, 1.807) is 44.8 Å². The van der Waals surface area contributed by atoms with Crippen LogP contribution in [0.2, 0.25) is 0 Å². The van der Waals surface area contributed by atoms with E-state index in [4.69, 9.17) is 14.2 Å². The molecule has 8 heteroatoms. The number of methoxy groups -OCH3 is 3. The average molecular weight is 440 g/mol. The van der Waals surface area contributed by atoms with Gasteiger partial charge in [0.05, 0.1) is 27.0 Å². The van der Waals surface area contributed by atoms with Crippen molar-refractivity contribution in [3.05, 3.63) is 59.8 Å². The standard InChI is InChI=1S/C23H25N3O4S/c1-25-20(14-19(24-25)18-13-17(29-3)8-9-21(18)30-4)22(27)26-10-11-31-23(26)15-6-5-7-16(12-15)28-2/h5-9,12-14,23H,10-11H2,1-4H3. The largest absolute Gasteiger partial charge is 0.497 e. The van der Waals surface area contributed by atoms with E-state index in [2.05, 4.69) is 5.10 Å². The number of aromatic nitrogens is 2. The summed E-state index contributed by atoms with van der Waals surface area (Å²) in [5.74, 6) is 2.97. The first-order chi connectivity index (χ1) is 15.0. The Morgan fingerprint density at radius 1 is 1.03 bits per heavy atom. The molecule has 2 aromatic carbocycles. The molecule has 1 aliphatic rings. The molecule has 1 aliphatic heterocycles. The molecule has 3 aromatic rings. The molecule has 0 bridgehead atoms. The summed E-state index contributed by atoms with van der Waals surface area (Å²) >= 11 is 1.75. The summed E-state index contributed by atoms with van der Waals surface area (Å²) in [7, 11) is 6.66. The zero-order valence-corrected chi connectivity index (χ0v) is 18.8. The van der Waals surface area contributed by atoms with Crippen LogP contribution in [0.1, 0.15) is 21.4 Å². The van der Waals surface area contributed by atoms with Crippen LogP contribution in [0, 0.1) is 0 Å². The number of hydrogen-bond donors (Lipinski definition) is 0. The minimum Gasteiger partial charge on any atom is -0.497 e. The normalized spacial score (nSPS) is 15.7. The quantitative estimate of drug-likeness (QED) is 0.578. The van der Waals surface area contributed by atoms with Gasteiger partial charge in [-0.3, -0.25) is 9.48 Å². The van der Waals surface area contributed by atoms with Gasteiger partial charge in [0.1, 0.15) is 28.3 Å². The van der Waals surface area contributed by atoms with Crippen molar-refractivity contribution in [2.45, 2.75) is 5.37 Å². The lowest BCUT2D eigenvalue weighted by molar-refractivity contribution is 0.0749. The van der Waals surface area contributed by atoms with Crippen molar-refractivity contribution in [2.24, 2.45) is 7.05 Å². The van der Waals surface area contributed by atoms with Crippen LogP contribution >= 0.6 is 11.8 Å². The first-order valence-electron chi connectivity index (χ1n) is 9.88. The molecule has 2 heterocycles. The Bertz CT molecular complexity index is 1100. The second-order valence-electron chi connectivity index (χ2n) is 7.10. The molecule has 0 N–H and O–H groups in total. The fourth-order valence-corrected chi connectivity index (χ4v) is 4.96. The fourth-order valence-electron chi connectivity index (χ4n) is 3.71. The second-order valence-corrected chi connectivity index (χ2v) is 8.29. The molecule has 1 atom stereocenters. The fraction of sp³-hybridized carbons (Fsp3) is 0.304. The van der Waals surface area contributed by atoms with Crippen molar-refractivity contribution >= 4 is 17.7 Å². The lowest BCUT2D eigenvalue weighted by Crippen LogP contribution is -2.31. The minimum atomic E-state index is -0.0627. The molecule has 1 unspecified atom stereocenters. The van der Waals surface area contributed by atoms with E-state index in [0.717, 1.165) is 22.6 Å². The molecular formula is C23H25N3O4S. The molecule has 31 heavy (non-hydrogen) atoms. The first-order valence-corrected chi connectivity index (χ1v) is 10.9. The maximum atomic E-state index is 13.5. The van der Waals surface area contributed by atoms with Gasteiger partial charge >= 0.3 is 0 Å². The Morgan fingerprint density at radius 2 is 1.81 bits per heavy atom. The van der Waals surface area contributed by atoms with Crippen molar-refractivity contribution in [2.75, 3.05) is 33.6 Å². The molecular weight excluding hydrogens is 414 g/mol. The van der Waals surface area contributed by atoms with Gasteiger partial charge < -0.3 is 19.1 Å². The van der Waals surface area contributed by atoms with Crippen molar-refractivity contribution in [1.29, 1.82) is 0 Å². The third-order valence-electron chi connectivity index (χ3n) is 5.31. The van der Waals surface area contributed by atoms with Crippen LogP contribution in [0.3, 0.4) is 0 Å². The number of ether oxygens (including phenoxy) is 3. The summed E-state index contributed by atoms with van der Waals surface area (Å²) < 4.78 is 17.8. The summed E-state index contributed by atoms with van der Waals surface area (Å²) in [4.78, 5) is 15.4. The SMILES string of the molecule is COc1cccc(C2SCCN2C(=O)c2cc(-c3cc(OC)ccc3OC)nn2C)c1. The molecule has 162 valence electrons. The van der Waals surface area contributed by atoms with Crippen LogP contribution in [0.5, 0.6) is 17.2 Å². The Kier molecular flexibility index (Phi) is 6.08. The van der Waals surface area contributed by atoms with Crippen LogP contribution in [0.15, 0.2) is 48.5 Å². The topological polar surface area (TPSA) is 65.8 Å². The average Bonchev–Trinajstić information content (AvgIpc) is 3.45. The van der Waals surface area contributed by atoms with E-state index in [0.29, 0.717) is 29.4 Å². The van der Waals surface area contributed by atoms with Crippen LogP contribution in [0.25, 0.3) is 11.3 Å². The number of rotatable bonds is 6. The van der Waals surface area contributed by atoms with Gasteiger partial charge in [0.2, 0.25) is 0 Å².